The number of carboxylic acid groups (broad SMARTS) is 1. The van der Waals surface area contributed by atoms with Crippen LogP contribution in [0.15, 0.2) is 0 Å². The van der Waals surface area contributed by atoms with Crippen molar-refractivity contribution >= 4 is 18.0 Å². The Morgan fingerprint density at radius 2 is 1.89 bits per heavy atom. The molecule has 3 N–H and O–H groups in total. The summed E-state index contributed by atoms with van der Waals surface area (Å²) in [5.74, 6) is -1.90. The molecule has 0 saturated heterocycles. The number of ether oxygens (including phenoxy) is 1. The molecular formula is C12H22N2O5. The predicted octanol–water partition coefficient (Wildman–Crippen LogP) is 0.738. The van der Waals surface area contributed by atoms with Gasteiger partial charge in [-0.3, -0.25) is 4.79 Å². The predicted molar refractivity (Wildman–Crippen MR) is 68.7 cm³/mol. The Morgan fingerprint density at radius 1 is 1.26 bits per heavy atom. The van der Waals surface area contributed by atoms with E-state index in [1.54, 1.807) is 13.8 Å². The van der Waals surface area contributed by atoms with Crippen molar-refractivity contribution in [3.8, 4) is 0 Å². The second kappa shape index (κ2) is 9.18. The van der Waals surface area contributed by atoms with Gasteiger partial charge in [-0.25, -0.2) is 9.59 Å². The van der Waals surface area contributed by atoms with Crippen LogP contribution >= 0.6 is 0 Å². The zero-order valence-electron chi connectivity index (χ0n) is 11.6. The third-order valence-electron chi connectivity index (χ3n) is 2.37. The van der Waals surface area contributed by atoms with E-state index >= 15 is 0 Å². The molecule has 0 spiro atoms. The highest BCUT2D eigenvalue weighted by Crippen LogP contribution is 2.01. The lowest BCUT2D eigenvalue weighted by Crippen LogP contribution is -2.48. The smallest absolute Gasteiger partial charge is 0.407 e. The molecule has 0 aliphatic heterocycles. The van der Waals surface area contributed by atoms with Gasteiger partial charge in [-0.15, -0.1) is 0 Å². The number of amides is 2. The maximum Gasteiger partial charge on any atom is 0.407 e. The second-order valence-electron chi connectivity index (χ2n) is 4.47. The molecule has 0 rings (SSSR count). The third-order valence-corrected chi connectivity index (χ3v) is 2.37. The molecule has 19 heavy (non-hydrogen) atoms. The van der Waals surface area contributed by atoms with Crippen molar-refractivity contribution in [3.63, 3.8) is 0 Å². The van der Waals surface area contributed by atoms with Crippen LogP contribution in [0.5, 0.6) is 0 Å². The summed E-state index contributed by atoms with van der Waals surface area (Å²) in [6, 6.07) is -0.967. The van der Waals surface area contributed by atoms with Gasteiger partial charge in [-0.2, -0.15) is 0 Å². The van der Waals surface area contributed by atoms with Crippen LogP contribution in [0.1, 0.15) is 33.6 Å². The third kappa shape index (κ3) is 8.01. The Labute approximate surface area is 112 Å². The highest BCUT2D eigenvalue weighted by molar-refractivity contribution is 5.86. The molecule has 0 aliphatic carbocycles. The maximum atomic E-state index is 11.5. The van der Waals surface area contributed by atoms with Crippen molar-refractivity contribution in [2.75, 3.05) is 13.2 Å². The number of hydrogen-bond donors (Lipinski definition) is 3. The number of carbonyl (C=O) groups is 3. The lowest BCUT2D eigenvalue weighted by Gasteiger charge is -2.17. The van der Waals surface area contributed by atoms with E-state index in [9.17, 15) is 14.4 Å². The normalized spacial score (nSPS) is 11.8. The minimum atomic E-state index is -1.10. The molecule has 0 radical (unpaired) electrons. The van der Waals surface area contributed by atoms with Gasteiger partial charge in [0.2, 0.25) is 5.91 Å². The van der Waals surface area contributed by atoms with Gasteiger partial charge in [0.15, 0.2) is 0 Å². The Kier molecular flexibility index (Phi) is 8.32. The number of hydrogen-bond acceptors (Lipinski definition) is 4. The average molecular weight is 274 g/mol. The highest BCUT2D eigenvalue weighted by atomic mass is 16.5. The summed E-state index contributed by atoms with van der Waals surface area (Å²) in [4.78, 5) is 33.5. The monoisotopic (exact) mass is 274 g/mol. The van der Waals surface area contributed by atoms with Gasteiger partial charge < -0.3 is 20.5 Å². The minimum absolute atomic E-state index is 0.238. The summed E-state index contributed by atoms with van der Waals surface area (Å²) in [6.07, 6.45) is 0.983. The van der Waals surface area contributed by atoms with Crippen molar-refractivity contribution in [2.45, 2.75) is 39.7 Å². The molecule has 0 aromatic carbocycles. The van der Waals surface area contributed by atoms with Crippen molar-refractivity contribution in [3.05, 3.63) is 0 Å². The van der Waals surface area contributed by atoms with E-state index in [0.717, 1.165) is 12.8 Å². The Balaban J connectivity index is 3.97. The van der Waals surface area contributed by atoms with Gasteiger partial charge in [0.05, 0.1) is 6.61 Å². The fourth-order valence-corrected chi connectivity index (χ4v) is 1.25. The quantitative estimate of drug-likeness (QED) is 0.566. The summed E-state index contributed by atoms with van der Waals surface area (Å²) < 4.78 is 4.79. The molecule has 0 saturated carbocycles. The maximum absolute atomic E-state index is 11.5. The van der Waals surface area contributed by atoms with Crippen LogP contribution in [0.4, 0.5) is 4.79 Å². The molecule has 110 valence electrons. The van der Waals surface area contributed by atoms with Crippen LogP contribution in [0.25, 0.3) is 0 Å². The van der Waals surface area contributed by atoms with Crippen LogP contribution in [-0.4, -0.2) is 42.3 Å². The summed E-state index contributed by atoms with van der Waals surface area (Å²) in [5, 5.41) is 13.5. The number of alkyl carbamates (subject to hydrolysis) is 1. The van der Waals surface area contributed by atoms with E-state index in [4.69, 9.17) is 9.84 Å². The number of nitrogens with one attached hydrogen (secondary N) is 2. The van der Waals surface area contributed by atoms with E-state index in [1.807, 2.05) is 6.92 Å². The topological polar surface area (TPSA) is 105 Å². The van der Waals surface area contributed by atoms with E-state index in [0.29, 0.717) is 6.61 Å². The first-order valence-electron chi connectivity index (χ1n) is 6.31. The molecule has 0 bridgehead atoms. The number of carboxylic acids is 1. The van der Waals surface area contributed by atoms with Crippen molar-refractivity contribution < 1.29 is 24.2 Å². The number of unbranched alkanes of at least 4 members (excludes halogenated alkanes) is 1. The van der Waals surface area contributed by atoms with Crippen molar-refractivity contribution in [1.29, 1.82) is 0 Å². The van der Waals surface area contributed by atoms with E-state index < -0.39 is 24.0 Å². The minimum Gasteiger partial charge on any atom is -0.480 e. The highest BCUT2D eigenvalue weighted by Gasteiger charge is 2.23. The molecule has 0 heterocycles. The number of aliphatic carboxylic acids is 1. The molecule has 1 atom stereocenters. The first-order valence-corrected chi connectivity index (χ1v) is 6.31. The fourth-order valence-electron chi connectivity index (χ4n) is 1.25. The van der Waals surface area contributed by atoms with Crippen LogP contribution < -0.4 is 10.6 Å². The van der Waals surface area contributed by atoms with Gasteiger partial charge in [0.25, 0.3) is 0 Å². The standard InChI is InChI=1S/C12H22N2O5/c1-4-5-6-19-12(18)13-7-9(15)14-10(8(2)3)11(16)17/h8,10H,4-7H2,1-3H3,(H,13,18)(H,14,15)(H,16,17)/t10-/m0/s1. The zero-order chi connectivity index (χ0) is 14.8. The lowest BCUT2D eigenvalue weighted by atomic mass is 10.1. The fraction of sp³-hybridized carbons (Fsp3) is 0.750. The summed E-state index contributed by atoms with van der Waals surface area (Å²) in [6.45, 7) is 5.33. The largest absolute Gasteiger partial charge is 0.480 e. The zero-order valence-corrected chi connectivity index (χ0v) is 11.6. The van der Waals surface area contributed by atoms with Crippen LogP contribution in [0.2, 0.25) is 0 Å². The van der Waals surface area contributed by atoms with E-state index in [-0.39, 0.29) is 12.5 Å². The Morgan fingerprint density at radius 3 is 2.37 bits per heavy atom. The molecular weight excluding hydrogens is 252 g/mol. The Hall–Kier alpha value is -1.79. The van der Waals surface area contributed by atoms with Crippen LogP contribution in [0, 0.1) is 5.92 Å². The average Bonchev–Trinajstić information content (AvgIpc) is 2.33. The molecule has 7 nitrogen and oxygen atoms in total. The van der Waals surface area contributed by atoms with Gasteiger partial charge in [0, 0.05) is 0 Å². The van der Waals surface area contributed by atoms with E-state index in [1.165, 1.54) is 0 Å². The molecule has 7 heteroatoms. The van der Waals surface area contributed by atoms with Crippen molar-refractivity contribution in [2.24, 2.45) is 5.92 Å². The first-order chi connectivity index (χ1) is 8.88. The van der Waals surface area contributed by atoms with Gasteiger partial charge in [0.1, 0.15) is 12.6 Å². The summed E-state index contributed by atoms with van der Waals surface area (Å²) >= 11 is 0. The summed E-state index contributed by atoms with van der Waals surface area (Å²) in [7, 11) is 0. The first kappa shape index (κ1) is 17.2. The number of rotatable bonds is 8. The van der Waals surface area contributed by atoms with Crippen LogP contribution in [0.3, 0.4) is 0 Å². The number of carbonyl (C=O) groups excluding carboxylic acids is 2. The van der Waals surface area contributed by atoms with Gasteiger partial charge in [-0.1, -0.05) is 27.2 Å². The molecule has 0 aromatic rings. The SMILES string of the molecule is CCCCOC(=O)NCC(=O)N[C@H](C(=O)O)C(C)C. The molecule has 0 aromatic heterocycles. The molecule has 2 amide bonds. The van der Waals surface area contributed by atoms with Gasteiger partial charge >= 0.3 is 12.1 Å². The Bertz CT molecular complexity index is 317. The lowest BCUT2D eigenvalue weighted by molar-refractivity contribution is -0.142. The van der Waals surface area contributed by atoms with E-state index in [2.05, 4.69) is 10.6 Å². The molecule has 0 fully saturated rings. The van der Waals surface area contributed by atoms with Gasteiger partial charge in [-0.05, 0) is 12.3 Å². The van der Waals surface area contributed by atoms with Crippen LogP contribution in [-0.2, 0) is 14.3 Å². The molecule has 0 unspecified atom stereocenters. The second-order valence-corrected chi connectivity index (χ2v) is 4.47. The summed E-state index contributed by atoms with van der Waals surface area (Å²) in [5.41, 5.74) is 0. The van der Waals surface area contributed by atoms with Crippen molar-refractivity contribution in [1.82, 2.24) is 10.6 Å². The molecule has 0 aliphatic rings.